The van der Waals surface area contributed by atoms with Gasteiger partial charge in [-0.15, -0.1) is 13.2 Å². The van der Waals surface area contributed by atoms with Crippen LogP contribution in [-0.4, -0.2) is 29.7 Å². The van der Waals surface area contributed by atoms with Gasteiger partial charge in [-0.05, 0) is 24.6 Å². The summed E-state index contributed by atoms with van der Waals surface area (Å²) in [4.78, 5) is 25.7. The van der Waals surface area contributed by atoms with E-state index in [1.54, 1.807) is 0 Å². The molecule has 114 valence electrons. The summed E-state index contributed by atoms with van der Waals surface area (Å²) in [6, 6.07) is 0.748. The molecule has 1 heterocycles. The van der Waals surface area contributed by atoms with Crippen LogP contribution in [0.15, 0.2) is 24.5 Å². The maximum absolute atomic E-state index is 12.0. The van der Waals surface area contributed by atoms with Crippen LogP contribution in [0.1, 0.15) is 12.5 Å². The second kappa shape index (κ2) is 8.46. The molecule has 0 spiro atoms. The van der Waals surface area contributed by atoms with Gasteiger partial charge in [-0.25, -0.2) is 4.79 Å². The molecule has 1 rings (SSSR count). The number of esters is 1. The molecule has 1 aromatic heterocycles. The minimum Gasteiger partial charge on any atom is -0.872 e. The molecule has 0 aliphatic rings. The Labute approximate surface area is 135 Å². The van der Waals surface area contributed by atoms with E-state index in [2.05, 4.69) is 14.5 Å². The van der Waals surface area contributed by atoms with Crippen molar-refractivity contribution < 1.29 is 56.2 Å². The topological polar surface area (TPSA) is 88.6 Å². The van der Waals surface area contributed by atoms with Crippen LogP contribution in [0, 0.1) is 0 Å². The Morgan fingerprint density at radius 3 is 2.55 bits per heavy atom. The normalized spacial score (nSPS) is 11.4. The van der Waals surface area contributed by atoms with E-state index in [4.69, 9.17) is 0 Å². The summed E-state index contributed by atoms with van der Waals surface area (Å²) < 4.78 is 44.0. The third-order valence-corrected chi connectivity index (χ3v) is 1.97. The van der Waals surface area contributed by atoms with E-state index in [0.29, 0.717) is 6.08 Å². The first-order valence-electron chi connectivity index (χ1n) is 5.54. The number of hydrogen-bond donors (Lipinski definition) is 0. The number of carbonyl (C=O) groups is 2. The Balaban J connectivity index is 0.00000441. The van der Waals surface area contributed by atoms with Crippen molar-refractivity contribution in [1.82, 2.24) is 4.98 Å². The number of halogens is 3. The molecule has 0 atom stereocenters. The number of nitrogens with zero attached hydrogens (tertiary/aromatic N) is 1. The molecule has 0 fully saturated rings. The van der Waals surface area contributed by atoms with E-state index in [0.717, 1.165) is 18.5 Å². The quantitative estimate of drug-likeness (QED) is 0.202. The van der Waals surface area contributed by atoms with Gasteiger partial charge in [-0.2, -0.15) is 0 Å². The van der Waals surface area contributed by atoms with Gasteiger partial charge in [0.2, 0.25) is 0 Å². The average molecular weight is 311 g/mol. The molecule has 1 aromatic rings. The molecular weight excluding hydrogens is 302 g/mol. The first-order chi connectivity index (χ1) is 9.73. The molecule has 0 unspecified atom stereocenters. The summed E-state index contributed by atoms with van der Waals surface area (Å²) in [6.45, 7) is 1.41. The van der Waals surface area contributed by atoms with Crippen LogP contribution in [0.3, 0.4) is 0 Å². The molecule has 0 radical (unpaired) electrons. The molecule has 10 heteroatoms. The number of hydrogen-bond acceptors (Lipinski definition) is 6. The molecule has 0 bridgehead atoms. The van der Waals surface area contributed by atoms with Gasteiger partial charge < -0.3 is 14.6 Å². The minimum absolute atomic E-state index is 0. The second-order valence-electron chi connectivity index (χ2n) is 3.55. The fourth-order valence-corrected chi connectivity index (χ4v) is 1.21. The van der Waals surface area contributed by atoms with Crippen molar-refractivity contribution in [1.29, 1.82) is 0 Å². The molecule has 0 N–H and O–H groups in total. The van der Waals surface area contributed by atoms with Crippen LogP contribution in [-0.2, 0) is 14.3 Å². The van der Waals surface area contributed by atoms with E-state index in [-0.39, 0.29) is 31.0 Å². The molecule has 0 aromatic carbocycles. The van der Waals surface area contributed by atoms with Crippen molar-refractivity contribution in [3.8, 4) is 5.75 Å². The first-order valence-corrected chi connectivity index (χ1v) is 5.54. The molecule has 22 heavy (non-hydrogen) atoms. The van der Waals surface area contributed by atoms with Crippen molar-refractivity contribution in [2.45, 2.75) is 13.3 Å². The Morgan fingerprint density at radius 1 is 1.36 bits per heavy atom. The smallest absolute Gasteiger partial charge is 0.872 e. The van der Waals surface area contributed by atoms with Gasteiger partial charge in [-0.1, -0.05) is 5.76 Å². The van der Waals surface area contributed by atoms with Crippen molar-refractivity contribution in [2.24, 2.45) is 0 Å². The van der Waals surface area contributed by atoms with E-state index in [1.807, 2.05) is 0 Å². The Hall–Kier alpha value is -1.98. The zero-order valence-corrected chi connectivity index (χ0v) is 11.6. The number of aromatic nitrogens is 1. The summed E-state index contributed by atoms with van der Waals surface area (Å²) in [7, 11) is 0. The molecule has 0 saturated heterocycles. The number of carbonyl (C=O) groups excluding carboxylic acids is 2. The third kappa shape index (κ3) is 6.65. The van der Waals surface area contributed by atoms with Gasteiger partial charge in [0.25, 0.3) is 5.78 Å². The van der Waals surface area contributed by atoms with Crippen molar-refractivity contribution in [3.63, 3.8) is 0 Å². The zero-order valence-electron chi connectivity index (χ0n) is 11.6. The molecule has 0 amide bonds. The standard InChI is InChI=1S/C12H10F3NO5.Li/c1-2-20-11(19)10(18)4-9(17)7-3-8(6-16-5-7)21-12(13,14)15;/h3-6,17H,2H2,1H3;/q;+1/p-1/b9-4-;. The Kier molecular flexibility index (Phi) is 7.70. The van der Waals surface area contributed by atoms with E-state index in [1.165, 1.54) is 6.92 Å². The Bertz CT molecular complexity index is 574. The number of rotatable bonds is 5. The first kappa shape index (κ1) is 20.0. The summed E-state index contributed by atoms with van der Waals surface area (Å²) >= 11 is 0. The van der Waals surface area contributed by atoms with Gasteiger partial charge in [0.1, 0.15) is 5.75 Å². The fraction of sp³-hybridized carbons (Fsp3) is 0.250. The monoisotopic (exact) mass is 311 g/mol. The van der Waals surface area contributed by atoms with Gasteiger partial charge in [0.15, 0.2) is 0 Å². The summed E-state index contributed by atoms with van der Waals surface area (Å²) in [5.41, 5.74) is -0.339. The maximum atomic E-state index is 12.0. The van der Waals surface area contributed by atoms with E-state index >= 15 is 0 Å². The molecule has 0 aliphatic heterocycles. The van der Waals surface area contributed by atoms with Crippen molar-refractivity contribution in [3.05, 3.63) is 30.1 Å². The van der Waals surface area contributed by atoms with Crippen LogP contribution >= 0.6 is 0 Å². The van der Waals surface area contributed by atoms with E-state index < -0.39 is 29.6 Å². The summed E-state index contributed by atoms with van der Waals surface area (Å²) in [5.74, 6) is -4.16. The van der Waals surface area contributed by atoms with Gasteiger partial charge in [0.05, 0.1) is 12.8 Å². The summed E-state index contributed by atoms with van der Waals surface area (Å²) in [6.07, 6.45) is -2.85. The number of ether oxygens (including phenoxy) is 2. The number of pyridine rings is 1. The van der Waals surface area contributed by atoms with Crippen LogP contribution < -0.4 is 28.7 Å². The van der Waals surface area contributed by atoms with Gasteiger partial charge in [0, 0.05) is 6.20 Å². The largest absolute Gasteiger partial charge is 1.00 e. The fourth-order valence-electron chi connectivity index (χ4n) is 1.21. The Morgan fingerprint density at radius 2 is 2.00 bits per heavy atom. The average Bonchev–Trinajstić information content (AvgIpc) is 2.37. The predicted octanol–water partition coefficient (Wildman–Crippen LogP) is -2.18. The molecule has 6 nitrogen and oxygen atoms in total. The second-order valence-corrected chi connectivity index (χ2v) is 3.55. The zero-order chi connectivity index (χ0) is 16.0. The van der Waals surface area contributed by atoms with Crippen molar-refractivity contribution in [2.75, 3.05) is 6.61 Å². The van der Waals surface area contributed by atoms with E-state index in [9.17, 15) is 27.9 Å². The van der Waals surface area contributed by atoms with Crippen LogP contribution in [0.4, 0.5) is 13.2 Å². The molecule has 0 saturated carbocycles. The van der Waals surface area contributed by atoms with Gasteiger partial charge in [-0.3, -0.25) is 9.78 Å². The summed E-state index contributed by atoms with van der Waals surface area (Å²) in [5, 5.41) is 11.6. The minimum atomic E-state index is -4.94. The van der Waals surface area contributed by atoms with Crippen molar-refractivity contribution >= 4 is 17.5 Å². The van der Waals surface area contributed by atoms with Crippen LogP contribution in [0.25, 0.3) is 5.76 Å². The van der Waals surface area contributed by atoms with Gasteiger partial charge >= 0.3 is 31.2 Å². The number of ketones is 1. The van der Waals surface area contributed by atoms with Crippen LogP contribution in [0.2, 0.25) is 0 Å². The predicted molar refractivity (Wildman–Crippen MR) is 60.5 cm³/mol. The molecule has 0 aliphatic carbocycles. The number of alkyl halides is 3. The maximum Gasteiger partial charge on any atom is 1.00 e. The molecular formula is C12H9F3LiNO5. The third-order valence-electron chi connectivity index (χ3n) is 1.97. The van der Waals surface area contributed by atoms with Crippen LogP contribution in [0.5, 0.6) is 5.75 Å². The SMILES string of the molecule is CCOC(=O)C(=O)/C=C(\[O-])c1cncc(OC(F)(F)F)c1.[Li+].